The van der Waals surface area contributed by atoms with Crippen LogP contribution in [0.25, 0.3) is 0 Å². The Hall–Kier alpha value is -1.58. The van der Waals surface area contributed by atoms with Crippen molar-refractivity contribution < 1.29 is 18.0 Å². The van der Waals surface area contributed by atoms with Crippen molar-refractivity contribution in [2.24, 2.45) is 5.92 Å². The molecule has 2 aliphatic rings. The molecule has 2 fully saturated rings. The number of nitrogens with one attached hydrogen (secondary N) is 2. The smallest absolute Gasteiger partial charge is 0.241 e. The van der Waals surface area contributed by atoms with E-state index in [2.05, 4.69) is 10.0 Å². The second-order valence-corrected chi connectivity index (χ2v) is 10.9. The van der Waals surface area contributed by atoms with Gasteiger partial charge in [-0.05, 0) is 63.2 Å². The van der Waals surface area contributed by atoms with Crippen molar-refractivity contribution in [3.63, 3.8) is 0 Å². The van der Waals surface area contributed by atoms with Gasteiger partial charge in [0.1, 0.15) is 6.04 Å². The molecule has 0 aromatic heterocycles. The summed E-state index contributed by atoms with van der Waals surface area (Å²) in [6.07, 6.45) is 5.73. The zero-order chi connectivity index (χ0) is 21.7. The highest BCUT2D eigenvalue weighted by Crippen LogP contribution is 2.31. The SMILES string of the molecule is CSCC[C@@H](NS(=O)(=O)c1ccc(C)cc1)C(=O)NC1CCN(C(=O)C2CC2)CC1. The highest BCUT2D eigenvalue weighted by molar-refractivity contribution is 7.98. The summed E-state index contributed by atoms with van der Waals surface area (Å²) in [6, 6.07) is 5.71. The van der Waals surface area contributed by atoms with E-state index in [4.69, 9.17) is 0 Å². The van der Waals surface area contributed by atoms with E-state index in [0.717, 1.165) is 18.4 Å². The van der Waals surface area contributed by atoms with Crippen molar-refractivity contribution in [2.45, 2.75) is 56.0 Å². The third-order valence-corrected chi connectivity index (χ3v) is 7.77. The van der Waals surface area contributed by atoms with Gasteiger partial charge in [-0.1, -0.05) is 17.7 Å². The number of hydrogen-bond donors (Lipinski definition) is 2. The van der Waals surface area contributed by atoms with Gasteiger partial charge in [-0.15, -0.1) is 0 Å². The predicted molar refractivity (Wildman–Crippen MR) is 119 cm³/mol. The van der Waals surface area contributed by atoms with Crippen molar-refractivity contribution >= 4 is 33.6 Å². The highest BCUT2D eigenvalue weighted by Gasteiger charge is 2.35. The van der Waals surface area contributed by atoms with Crippen molar-refractivity contribution in [3.05, 3.63) is 29.8 Å². The second kappa shape index (κ2) is 10.2. The molecule has 9 heteroatoms. The summed E-state index contributed by atoms with van der Waals surface area (Å²) in [6.45, 7) is 3.18. The number of sulfonamides is 1. The number of amides is 2. The van der Waals surface area contributed by atoms with Gasteiger partial charge in [0.25, 0.3) is 0 Å². The van der Waals surface area contributed by atoms with E-state index in [0.29, 0.717) is 38.1 Å². The molecule has 3 rings (SSSR count). The lowest BCUT2D eigenvalue weighted by Crippen LogP contribution is -2.53. The van der Waals surface area contributed by atoms with Gasteiger partial charge in [0, 0.05) is 25.0 Å². The summed E-state index contributed by atoms with van der Waals surface area (Å²) in [5, 5.41) is 3.00. The van der Waals surface area contributed by atoms with Gasteiger partial charge in [-0.25, -0.2) is 8.42 Å². The number of likely N-dealkylation sites (tertiary alicyclic amines) is 1. The Morgan fingerprint density at radius 3 is 2.33 bits per heavy atom. The Kier molecular flexibility index (Phi) is 7.81. The number of hydrogen-bond acceptors (Lipinski definition) is 5. The summed E-state index contributed by atoms with van der Waals surface area (Å²) in [5.41, 5.74) is 0.970. The number of carbonyl (C=O) groups is 2. The summed E-state index contributed by atoms with van der Waals surface area (Å²) in [5.74, 6) is 0.821. The van der Waals surface area contributed by atoms with Crippen LogP contribution >= 0.6 is 11.8 Å². The lowest BCUT2D eigenvalue weighted by Gasteiger charge is -2.33. The average Bonchev–Trinajstić information content (AvgIpc) is 3.57. The van der Waals surface area contributed by atoms with Crippen LogP contribution in [0.2, 0.25) is 0 Å². The minimum absolute atomic E-state index is 0.0404. The number of piperidine rings is 1. The molecule has 166 valence electrons. The molecular formula is C21H31N3O4S2. The molecule has 2 N–H and O–H groups in total. The molecule has 1 aliphatic carbocycles. The maximum absolute atomic E-state index is 12.9. The fourth-order valence-electron chi connectivity index (χ4n) is 3.59. The van der Waals surface area contributed by atoms with E-state index < -0.39 is 16.1 Å². The maximum Gasteiger partial charge on any atom is 0.241 e. The Bertz CT molecular complexity index is 846. The summed E-state index contributed by atoms with van der Waals surface area (Å²) in [7, 11) is -3.79. The van der Waals surface area contributed by atoms with Crippen LogP contribution in [0.15, 0.2) is 29.2 Å². The van der Waals surface area contributed by atoms with Crippen LogP contribution in [0.3, 0.4) is 0 Å². The monoisotopic (exact) mass is 453 g/mol. The van der Waals surface area contributed by atoms with Gasteiger partial charge in [0.05, 0.1) is 4.90 Å². The molecule has 7 nitrogen and oxygen atoms in total. The molecule has 1 saturated heterocycles. The van der Waals surface area contributed by atoms with Crippen LogP contribution in [0, 0.1) is 12.8 Å². The summed E-state index contributed by atoms with van der Waals surface area (Å²) < 4.78 is 28.1. The van der Waals surface area contributed by atoms with E-state index in [1.54, 1.807) is 36.0 Å². The molecule has 1 saturated carbocycles. The first-order valence-corrected chi connectivity index (χ1v) is 13.3. The zero-order valence-corrected chi connectivity index (χ0v) is 19.2. The van der Waals surface area contributed by atoms with Crippen molar-refractivity contribution in [1.29, 1.82) is 0 Å². The van der Waals surface area contributed by atoms with Gasteiger partial charge < -0.3 is 10.2 Å². The third-order valence-electron chi connectivity index (χ3n) is 5.64. The van der Waals surface area contributed by atoms with Crippen LogP contribution in [0.5, 0.6) is 0 Å². The molecule has 1 atom stereocenters. The fourth-order valence-corrected chi connectivity index (χ4v) is 5.29. The predicted octanol–water partition coefficient (Wildman–Crippen LogP) is 1.91. The molecule has 0 unspecified atom stereocenters. The van der Waals surface area contributed by atoms with Gasteiger partial charge in [-0.2, -0.15) is 16.5 Å². The molecule has 1 aromatic rings. The maximum atomic E-state index is 12.9. The minimum atomic E-state index is -3.79. The van der Waals surface area contributed by atoms with Crippen LogP contribution in [0.1, 0.15) is 37.7 Å². The van der Waals surface area contributed by atoms with Crippen LogP contribution in [0.4, 0.5) is 0 Å². The van der Waals surface area contributed by atoms with E-state index in [1.807, 2.05) is 18.1 Å². The minimum Gasteiger partial charge on any atom is -0.352 e. The number of aryl methyl sites for hydroxylation is 1. The molecule has 2 amide bonds. The largest absolute Gasteiger partial charge is 0.352 e. The lowest BCUT2D eigenvalue weighted by atomic mass is 10.0. The van der Waals surface area contributed by atoms with E-state index in [-0.39, 0.29) is 28.7 Å². The normalized spacial score (nSPS) is 18.8. The zero-order valence-electron chi connectivity index (χ0n) is 17.6. The molecule has 0 radical (unpaired) electrons. The molecule has 30 heavy (non-hydrogen) atoms. The van der Waals surface area contributed by atoms with E-state index >= 15 is 0 Å². The Morgan fingerprint density at radius 1 is 1.13 bits per heavy atom. The molecule has 0 bridgehead atoms. The molecule has 1 aromatic carbocycles. The van der Waals surface area contributed by atoms with Gasteiger partial charge in [-0.3, -0.25) is 9.59 Å². The van der Waals surface area contributed by atoms with Crippen molar-refractivity contribution in [1.82, 2.24) is 14.9 Å². The van der Waals surface area contributed by atoms with Gasteiger partial charge in [0.15, 0.2) is 0 Å². The van der Waals surface area contributed by atoms with Crippen LogP contribution in [-0.2, 0) is 19.6 Å². The molecule has 1 aliphatic heterocycles. The number of nitrogens with zero attached hydrogens (tertiary/aromatic N) is 1. The fraction of sp³-hybridized carbons (Fsp3) is 0.619. The number of thioether (sulfide) groups is 1. The third kappa shape index (κ3) is 6.21. The number of benzene rings is 1. The Balaban J connectivity index is 1.58. The first-order valence-electron chi connectivity index (χ1n) is 10.5. The molecule has 0 spiro atoms. The second-order valence-electron chi connectivity index (χ2n) is 8.15. The van der Waals surface area contributed by atoms with E-state index in [1.165, 1.54) is 0 Å². The Morgan fingerprint density at radius 2 is 1.77 bits per heavy atom. The standard InChI is InChI=1S/C21H31N3O4S2/c1-15-3-7-18(8-4-15)30(27,28)23-19(11-14-29-2)20(25)22-17-9-12-24(13-10-17)21(26)16-5-6-16/h3-4,7-8,16-17,19,23H,5-6,9-14H2,1-2H3,(H,22,25)/t19-/m1/s1. The Labute approximate surface area is 183 Å². The van der Waals surface area contributed by atoms with Crippen LogP contribution < -0.4 is 10.0 Å². The van der Waals surface area contributed by atoms with Gasteiger partial charge in [0.2, 0.25) is 21.8 Å². The average molecular weight is 454 g/mol. The van der Waals surface area contributed by atoms with E-state index in [9.17, 15) is 18.0 Å². The van der Waals surface area contributed by atoms with Gasteiger partial charge >= 0.3 is 0 Å². The first-order chi connectivity index (χ1) is 14.3. The lowest BCUT2D eigenvalue weighted by molar-refractivity contribution is -0.133. The number of rotatable bonds is 9. The summed E-state index contributed by atoms with van der Waals surface area (Å²) in [4.78, 5) is 27.1. The summed E-state index contributed by atoms with van der Waals surface area (Å²) >= 11 is 1.57. The highest BCUT2D eigenvalue weighted by atomic mass is 32.2. The first kappa shape index (κ1) is 23.1. The quantitative estimate of drug-likeness (QED) is 0.596. The number of carbonyl (C=O) groups excluding carboxylic acids is 2. The molecular weight excluding hydrogens is 422 g/mol. The molecule has 1 heterocycles. The van der Waals surface area contributed by atoms with Crippen molar-refractivity contribution in [2.75, 3.05) is 25.1 Å². The van der Waals surface area contributed by atoms with Crippen molar-refractivity contribution in [3.8, 4) is 0 Å². The van der Waals surface area contributed by atoms with Crippen LogP contribution in [-0.4, -0.2) is 62.3 Å². The topological polar surface area (TPSA) is 95.6 Å².